The van der Waals surface area contributed by atoms with Crippen molar-refractivity contribution in [2.75, 3.05) is 5.73 Å². The number of anilines is 1. The fourth-order valence-electron chi connectivity index (χ4n) is 5.28. The normalized spacial score (nSPS) is 22.4. The molecule has 5 N–H and O–H groups in total. The van der Waals surface area contributed by atoms with Gasteiger partial charge in [0.2, 0.25) is 10.0 Å². The van der Waals surface area contributed by atoms with E-state index in [-0.39, 0.29) is 27.5 Å². The third-order valence-corrected chi connectivity index (χ3v) is 9.10. The molecule has 0 aliphatic heterocycles. The first-order chi connectivity index (χ1) is 18.5. The average molecular weight is 610 g/mol. The van der Waals surface area contributed by atoms with Crippen LogP contribution in [-0.4, -0.2) is 56.3 Å². The smallest absolute Gasteiger partial charge is 0.475 e. The van der Waals surface area contributed by atoms with E-state index in [0.29, 0.717) is 30.4 Å². The number of aromatic nitrogens is 3. The number of aryl methyl sites for hydroxylation is 1. The van der Waals surface area contributed by atoms with Gasteiger partial charge in [0.25, 0.3) is 0 Å². The summed E-state index contributed by atoms with van der Waals surface area (Å²) in [6, 6.07) is 4.47. The number of sulfonamides is 1. The Bertz CT molecular complexity index is 1620. The topological polar surface area (TPSA) is 160 Å². The second-order valence-corrected chi connectivity index (χ2v) is 12.6. The number of nitrogens with zero attached hydrogens (tertiary/aromatic N) is 3. The lowest BCUT2D eigenvalue weighted by atomic mass is 9.35. The minimum atomic E-state index is -5.08. The van der Waals surface area contributed by atoms with Crippen molar-refractivity contribution in [3.05, 3.63) is 41.9 Å². The fraction of sp³-hybridized carbons (Fsp3) is 0.458. The molecule has 224 valence electrons. The van der Waals surface area contributed by atoms with Crippen molar-refractivity contribution in [1.82, 2.24) is 19.1 Å². The number of carboxylic acids is 1. The number of carbonyl (C=O) groups is 1. The van der Waals surface area contributed by atoms with Crippen molar-refractivity contribution in [1.29, 1.82) is 0 Å². The molecule has 3 saturated carbocycles. The molecule has 2 aromatic heterocycles. The Morgan fingerprint density at radius 2 is 1.68 bits per heavy atom. The van der Waals surface area contributed by atoms with Crippen molar-refractivity contribution < 1.29 is 49.8 Å². The van der Waals surface area contributed by atoms with Gasteiger partial charge in [0, 0.05) is 22.7 Å². The molecule has 3 aliphatic carbocycles. The van der Waals surface area contributed by atoms with Crippen molar-refractivity contribution >= 4 is 27.5 Å². The minimum absolute atomic E-state index is 0.0110. The van der Waals surface area contributed by atoms with Crippen LogP contribution in [-0.2, 0) is 21.0 Å². The molecule has 41 heavy (non-hydrogen) atoms. The highest BCUT2D eigenvalue weighted by atomic mass is 32.2. The maximum Gasteiger partial charge on any atom is 0.490 e. The zero-order valence-electron chi connectivity index (χ0n) is 21.7. The van der Waals surface area contributed by atoms with Gasteiger partial charge >= 0.3 is 18.3 Å². The van der Waals surface area contributed by atoms with E-state index in [9.17, 15) is 39.9 Å². The Morgan fingerprint density at radius 1 is 1.12 bits per heavy atom. The van der Waals surface area contributed by atoms with E-state index in [4.69, 9.17) is 15.6 Å². The molecule has 1 aromatic carbocycles. The van der Waals surface area contributed by atoms with Crippen LogP contribution in [0.3, 0.4) is 0 Å². The molecule has 10 nitrogen and oxygen atoms in total. The number of fused-ring (bicyclic) bond motifs is 1. The summed E-state index contributed by atoms with van der Waals surface area (Å²) in [5, 5.41) is 17.5. The van der Waals surface area contributed by atoms with Gasteiger partial charge in [0.1, 0.15) is 0 Å². The lowest BCUT2D eigenvalue weighted by molar-refractivity contribution is -0.244. The number of nitrogen functional groups attached to an aromatic ring is 1. The monoisotopic (exact) mass is 609 g/mol. The van der Waals surface area contributed by atoms with Crippen LogP contribution in [0.2, 0.25) is 0 Å². The molecular formula is C24H25F6N5O5S. The highest BCUT2D eigenvalue weighted by Gasteiger charge is 2.73. The van der Waals surface area contributed by atoms with Gasteiger partial charge in [-0.2, -0.15) is 26.3 Å². The first-order valence-corrected chi connectivity index (χ1v) is 13.4. The molecule has 0 radical (unpaired) electrons. The van der Waals surface area contributed by atoms with Crippen LogP contribution in [0.1, 0.15) is 44.4 Å². The van der Waals surface area contributed by atoms with E-state index in [1.165, 1.54) is 22.7 Å². The third kappa shape index (κ3) is 5.44. The molecule has 2 heterocycles. The highest BCUT2D eigenvalue weighted by molar-refractivity contribution is 7.89. The number of nitrogens with one attached hydrogen (secondary N) is 1. The van der Waals surface area contributed by atoms with Crippen LogP contribution < -0.4 is 10.5 Å². The summed E-state index contributed by atoms with van der Waals surface area (Å²) in [6.45, 7) is 5.19. The van der Waals surface area contributed by atoms with E-state index < -0.39 is 45.2 Å². The summed E-state index contributed by atoms with van der Waals surface area (Å²) in [5.74, 6) is -3.14. The van der Waals surface area contributed by atoms with E-state index >= 15 is 0 Å². The molecule has 17 heteroatoms. The van der Waals surface area contributed by atoms with Crippen molar-refractivity contribution in [3.63, 3.8) is 0 Å². The SMILES string of the molecule is Cc1ccc(S(=O)(=O)NC23CC(C(C)(C)O)(C2)C3)cc1-c1cnc2c(N)nc(C(F)(F)F)cn12.O=C(O)C(F)(F)F. The van der Waals surface area contributed by atoms with Crippen LogP contribution in [0.4, 0.5) is 32.2 Å². The van der Waals surface area contributed by atoms with Gasteiger partial charge in [0.05, 0.1) is 22.4 Å². The Balaban J connectivity index is 0.000000493. The number of nitrogens with two attached hydrogens (primary N) is 1. The largest absolute Gasteiger partial charge is 0.490 e. The van der Waals surface area contributed by atoms with E-state index in [2.05, 4.69) is 14.7 Å². The highest BCUT2D eigenvalue weighted by Crippen LogP contribution is 2.71. The summed E-state index contributed by atoms with van der Waals surface area (Å²) < 4.78 is 102. The second-order valence-electron chi connectivity index (χ2n) is 10.9. The van der Waals surface area contributed by atoms with E-state index in [1.807, 2.05) is 0 Å². The van der Waals surface area contributed by atoms with Gasteiger partial charge in [-0.15, -0.1) is 0 Å². The van der Waals surface area contributed by atoms with Crippen molar-refractivity contribution in [2.45, 2.75) is 68.4 Å². The Morgan fingerprint density at radius 3 is 2.17 bits per heavy atom. The maximum atomic E-state index is 13.3. The summed E-state index contributed by atoms with van der Waals surface area (Å²) in [6.07, 6.45) is -5.99. The second kappa shape index (κ2) is 9.29. The number of aliphatic hydroxyl groups is 1. The number of alkyl halides is 6. The molecule has 2 bridgehead atoms. The Kier molecular flexibility index (Phi) is 6.91. The average Bonchev–Trinajstić information content (AvgIpc) is 3.18. The molecule has 6 rings (SSSR count). The predicted molar refractivity (Wildman–Crippen MR) is 132 cm³/mol. The van der Waals surface area contributed by atoms with Crippen LogP contribution in [0, 0.1) is 12.3 Å². The molecule has 3 aromatic rings. The zero-order chi connectivity index (χ0) is 31.0. The number of hydrogen-bond acceptors (Lipinski definition) is 7. The van der Waals surface area contributed by atoms with Crippen LogP contribution in [0.25, 0.3) is 16.9 Å². The molecule has 0 spiro atoms. The van der Waals surface area contributed by atoms with Crippen molar-refractivity contribution in [2.24, 2.45) is 5.41 Å². The van der Waals surface area contributed by atoms with Crippen LogP contribution in [0.15, 0.2) is 35.5 Å². The number of carboxylic acid groups (broad SMARTS) is 1. The number of aliphatic carboxylic acids is 1. The first-order valence-electron chi connectivity index (χ1n) is 11.9. The number of rotatable bonds is 5. The van der Waals surface area contributed by atoms with Gasteiger partial charge < -0.3 is 15.9 Å². The fourth-order valence-corrected chi connectivity index (χ4v) is 6.71. The number of imidazole rings is 1. The van der Waals surface area contributed by atoms with Gasteiger partial charge in [-0.1, -0.05) is 6.07 Å². The molecule has 3 aliphatic rings. The van der Waals surface area contributed by atoms with Crippen LogP contribution in [0.5, 0.6) is 0 Å². The third-order valence-electron chi connectivity index (χ3n) is 7.53. The molecule has 0 amide bonds. The predicted octanol–water partition coefficient (Wildman–Crippen LogP) is 3.91. The molecule has 0 unspecified atom stereocenters. The van der Waals surface area contributed by atoms with Gasteiger partial charge in [0.15, 0.2) is 17.2 Å². The van der Waals surface area contributed by atoms with E-state index in [1.54, 1.807) is 26.8 Å². The maximum absolute atomic E-state index is 13.3. The van der Waals surface area contributed by atoms with Gasteiger partial charge in [-0.3, -0.25) is 4.40 Å². The van der Waals surface area contributed by atoms with Gasteiger partial charge in [-0.05, 0) is 57.7 Å². The Labute approximate surface area is 229 Å². The molecule has 3 fully saturated rings. The van der Waals surface area contributed by atoms with E-state index in [0.717, 1.165) is 6.20 Å². The van der Waals surface area contributed by atoms with Gasteiger partial charge in [-0.25, -0.2) is 27.9 Å². The lowest BCUT2D eigenvalue weighted by Gasteiger charge is -2.74. The molecule has 0 atom stereocenters. The van der Waals surface area contributed by atoms with Crippen molar-refractivity contribution in [3.8, 4) is 11.3 Å². The van der Waals surface area contributed by atoms with Crippen LogP contribution >= 0.6 is 0 Å². The summed E-state index contributed by atoms with van der Waals surface area (Å²) in [7, 11) is -3.91. The number of halogens is 6. The summed E-state index contributed by atoms with van der Waals surface area (Å²) in [5.41, 5.74) is 4.15. The molecular weight excluding hydrogens is 584 g/mol. The minimum Gasteiger partial charge on any atom is -0.475 e. The quantitative estimate of drug-likeness (QED) is 0.317. The summed E-state index contributed by atoms with van der Waals surface area (Å²) in [4.78, 5) is 16.4. The standard InChI is InChI=1S/C22H24F3N5O3S.C2HF3O2/c1-12-4-5-13(34(32,33)29-21-9-20(10-21,11-21)19(2,3)31)6-14(12)15-7-27-18-17(26)28-16(8-30(15)18)22(23,24)25;3-2(4,5)1(6)7/h4-8,29,31H,9-11H2,1-3H3,(H2,26,28);(H,6,7). The first kappa shape index (κ1) is 30.5. The summed E-state index contributed by atoms with van der Waals surface area (Å²) >= 11 is 0. The zero-order valence-corrected chi connectivity index (χ0v) is 22.5. The number of benzene rings is 1. The number of hydrogen-bond donors (Lipinski definition) is 4. The Hall–Kier alpha value is -3.44. The molecule has 0 saturated heterocycles. The lowest BCUT2D eigenvalue weighted by Crippen LogP contribution is -2.79.